The van der Waals surface area contributed by atoms with E-state index in [-0.39, 0.29) is 0 Å². The van der Waals surface area contributed by atoms with Gasteiger partial charge in [-0.1, -0.05) is 0 Å². The first-order valence-electron chi connectivity index (χ1n) is 1.46. The Morgan fingerprint density at radius 3 is 1.86 bits per heavy atom. The Morgan fingerprint density at radius 2 is 1.86 bits per heavy atom. The quantitative estimate of drug-likeness (QED) is 0.480. The standard InChI is InChI=1S/C2H6NO3S/c1-3(2)7(4,5)6/h1H2,2H3,(H,4,5,6). The number of nitrogens with zero attached hydrogens (tertiary/aromatic N) is 1. The molecule has 1 N–H and O–H groups in total. The van der Waals surface area contributed by atoms with Crippen molar-refractivity contribution < 1.29 is 13.0 Å². The zero-order valence-corrected chi connectivity index (χ0v) is 4.64. The van der Waals surface area contributed by atoms with Crippen molar-refractivity contribution in [1.82, 2.24) is 4.31 Å². The largest absolute Gasteiger partial charge is 0.335 e. The van der Waals surface area contributed by atoms with E-state index in [0.29, 0.717) is 4.31 Å². The summed E-state index contributed by atoms with van der Waals surface area (Å²) in [4.78, 5) is 0. The van der Waals surface area contributed by atoms with Gasteiger partial charge in [-0.15, -0.1) is 0 Å². The average molecular weight is 124 g/mol. The molecule has 1 radical (unpaired) electrons. The lowest BCUT2D eigenvalue weighted by Gasteiger charge is -2.00. The summed E-state index contributed by atoms with van der Waals surface area (Å²) in [5, 5.41) is 0. The van der Waals surface area contributed by atoms with Crippen molar-refractivity contribution in [3.8, 4) is 0 Å². The second-order valence-corrected chi connectivity index (χ2v) is 2.59. The highest BCUT2D eigenvalue weighted by molar-refractivity contribution is 7.83. The minimum Gasteiger partial charge on any atom is -0.273 e. The second kappa shape index (κ2) is 1.77. The maximum Gasteiger partial charge on any atom is 0.335 e. The van der Waals surface area contributed by atoms with Gasteiger partial charge in [0.15, 0.2) is 0 Å². The third kappa shape index (κ3) is 2.55. The molecule has 0 aromatic heterocycles. The Kier molecular flexibility index (Phi) is 1.74. The lowest BCUT2D eigenvalue weighted by atomic mass is 11.3. The Morgan fingerprint density at radius 1 is 1.71 bits per heavy atom. The normalized spacial score (nSPS) is 12.6. The summed E-state index contributed by atoms with van der Waals surface area (Å²) in [5.41, 5.74) is 0. The molecule has 0 atom stereocenters. The first-order chi connectivity index (χ1) is 2.94. The van der Waals surface area contributed by atoms with E-state index in [1.165, 1.54) is 0 Å². The Labute approximate surface area is 42.6 Å². The van der Waals surface area contributed by atoms with E-state index in [0.717, 1.165) is 7.05 Å². The molecule has 0 rings (SSSR count). The van der Waals surface area contributed by atoms with Crippen LogP contribution < -0.4 is 0 Å². The summed E-state index contributed by atoms with van der Waals surface area (Å²) >= 11 is 0. The van der Waals surface area contributed by atoms with E-state index in [4.69, 9.17) is 4.55 Å². The van der Waals surface area contributed by atoms with Crippen LogP contribution in [0.3, 0.4) is 0 Å². The van der Waals surface area contributed by atoms with Crippen LogP contribution in [0.15, 0.2) is 0 Å². The highest BCUT2D eigenvalue weighted by atomic mass is 32.2. The molecule has 0 saturated carbocycles. The maximum absolute atomic E-state index is 9.75. The van der Waals surface area contributed by atoms with Crippen LogP contribution in [-0.4, -0.2) is 24.3 Å². The summed E-state index contributed by atoms with van der Waals surface area (Å²) in [6.07, 6.45) is 0. The van der Waals surface area contributed by atoms with Crippen molar-refractivity contribution in [3.63, 3.8) is 0 Å². The predicted molar refractivity (Wildman–Crippen MR) is 24.7 cm³/mol. The highest BCUT2D eigenvalue weighted by Crippen LogP contribution is 1.84. The summed E-state index contributed by atoms with van der Waals surface area (Å²) in [5.74, 6) is 0. The van der Waals surface area contributed by atoms with Gasteiger partial charge in [0.25, 0.3) is 0 Å². The number of hydrogen-bond acceptors (Lipinski definition) is 2. The molecule has 0 aromatic rings. The summed E-state index contributed by atoms with van der Waals surface area (Å²) in [6.45, 7) is 0. The zero-order valence-electron chi connectivity index (χ0n) is 3.83. The molecule has 0 aliphatic heterocycles. The van der Waals surface area contributed by atoms with Crippen LogP contribution >= 0.6 is 0 Å². The SMILES string of the molecule is [CH2]N(C)S(=O)(=O)O. The van der Waals surface area contributed by atoms with Crippen molar-refractivity contribution in [2.24, 2.45) is 0 Å². The highest BCUT2D eigenvalue weighted by Gasteiger charge is 2.04. The molecule has 0 aliphatic rings. The van der Waals surface area contributed by atoms with Gasteiger partial charge in [-0.2, -0.15) is 12.7 Å². The van der Waals surface area contributed by atoms with E-state index in [1.807, 2.05) is 0 Å². The van der Waals surface area contributed by atoms with Crippen molar-refractivity contribution in [2.45, 2.75) is 0 Å². The lowest BCUT2D eigenvalue weighted by molar-refractivity contribution is 0.427. The summed E-state index contributed by atoms with van der Waals surface area (Å²) in [6, 6.07) is 0. The summed E-state index contributed by atoms with van der Waals surface area (Å²) in [7, 11) is 0.0208. The van der Waals surface area contributed by atoms with Crippen LogP contribution in [0.4, 0.5) is 0 Å². The van der Waals surface area contributed by atoms with Gasteiger partial charge in [0, 0.05) is 14.1 Å². The van der Waals surface area contributed by atoms with Crippen LogP contribution in [0.25, 0.3) is 0 Å². The van der Waals surface area contributed by atoms with Gasteiger partial charge in [0.1, 0.15) is 0 Å². The number of rotatable bonds is 1. The first-order valence-corrected chi connectivity index (χ1v) is 2.86. The van der Waals surface area contributed by atoms with Crippen molar-refractivity contribution in [3.05, 3.63) is 7.05 Å². The lowest BCUT2D eigenvalue weighted by Crippen LogP contribution is -2.18. The molecule has 0 saturated heterocycles. The zero-order chi connectivity index (χ0) is 6.08. The van der Waals surface area contributed by atoms with Gasteiger partial charge in [-0.3, -0.25) is 4.55 Å². The average Bonchev–Trinajstić information content (AvgIpc) is 1.31. The minimum atomic E-state index is -4.02. The first kappa shape index (κ1) is 6.87. The molecule has 0 spiro atoms. The van der Waals surface area contributed by atoms with Gasteiger partial charge in [0.2, 0.25) is 0 Å². The molecule has 0 aromatic carbocycles. The Bertz CT molecular complexity index is 135. The molecule has 0 bridgehead atoms. The summed E-state index contributed by atoms with van der Waals surface area (Å²) < 4.78 is 27.9. The molecule has 4 nitrogen and oxygen atoms in total. The third-order valence-electron chi connectivity index (χ3n) is 0.394. The molecule has 0 fully saturated rings. The van der Waals surface area contributed by atoms with E-state index in [1.54, 1.807) is 0 Å². The second-order valence-electron chi connectivity index (χ2n) is 1.08. The predicted octanol–water partition coefficient (Wildman–Crippen LogP) is -0.487. The third-order valence-corrected chi connectivity index (χ3v) is 1.18. The van der Waals surface area contributed by atoms with Crippen LogP contribution in [0.1, 0.15) is 0 Å². The van der Waals surface area contributed by atoms with E-state index in [2.05, 4.69) is 7.05 Å². The van der Waals surface area contributed by atoms with Gasteiger partial charge >= 0.3 is 10.3 Å². The monoisotopic (exact) mass is 124 g/mol. The molecule has 0 heterocycles. The van der Waals surface area contributed by atoms with E-state index >= 15 is 0 Å². The smallest absolute Gasteiger partial charge is 0.273 e. The minimum absolute atomic E-state index is 0.465. The van der Waals surface area contributed by atoms with E-state index in [9.17, 15) is 8.42 Å². The molecule has 43 valence electrons. The van der Waals surface area contributed by atoms with Gasteiger partial charge < -0.3 is 0 Å². The molecule has 0 unspecified atom stereocenters. The molecule has 5 heteroatoms. The van der Waals surface area contributed by atoms with Crippen LogP contribution in [-0.2, 0) is 10.3 Å². The van der Waals surface area contributed by atoms with Gasteiger partial charge in [-0.05, 0) is 0 Å². The maximum atomic E-state index is 9.75. The van der Waals surface area contributed by atoms with Gasteiger partial charge in [-0.25, -0.2) is 0 Å². The molecular weight excluding hydrogens is 118 g/mol. The Balaban J connectivity index is 4.10. The molecular formula is C2H6NO3S. The van der Waals surface area contributed by atoms with Crippen molar-refractivity contribution in [2.75, 3.05) is 7.05 Å². The Hall–Kier alpha value is -0.130. The topological polar surface area (TPSA) is 57.6 Å². The fourth-order valence-electron chi connectivity index (χ4n) is 0. The van der Waals surface area contributed by atoms with Gasteiger partial charge in [0.05, 0.1) is 0 Å². The van der Waals surface area contributed by atoms with Crippen molar-refractivity contribution >= 4 is 10.3 Å². The molecule has 0 amide bonds. The number of hydrogen-bond donors (Lipinski definition) is 1. The fourth-order valence-corrected chi connectivity index (χ4v) is 0. The van der Waals surface area contributed by atoms with Crippen LogP contribution in [0.2, 0.25) is 0 Å². The molecule has 0 aliphatic carbocycles. The fraction of sp³-hybridized carbons (Fsp3) is 0.500. The van der Waals surface area contributed by atoms with Crippen molar-refractivity contribution in [1.29, 1.82) is 0 Å². The molecule has 7 heavy (non-hydrogen) atoms. The van der Waals surface area contributed by atoms with Crippen LogP contribution in [0.5, 0.6) is 0 Å². The van der Waals surface area contributed by atoms with Crippen LogP contribution in [0, 0.1) is 7.05 Å². The van der Waals surface area contributed by atoms with E-state index < -0.39 is 10.3 Å².